The van der Waals surface area contributed by atoms with Crippen LogP contribution in [0.25, 0.3) is 0 Å². The minimum atomic E-state index is -1.75. The summed E-state index contributed by atoms with van der Waals surface area (Å²) in [5.74, 6) is -0.382. The van der Waals surface area contributed by atoms with E-state index in [9.17, 15) is 13.8 Å². The number of benzene rings is 2. The van der Waals surface area contributed by atoms with E-state index >= 15 is 0 Å². The van der Waals surface area contributed by atoms with Gasteiger partial charge in [-0.25, -0.2) is 4.21 Å². The molecular weight excluding hydrogens is 456 g/mol. The van der Waals surface area contributed by atoms with Gasteiger partial charge < -0.3 is 18.9 Å². The number of aryl methyl sites for hydroxylation is 2. The molecule has 1 unspecified atom stereocenters. The Bertz CT molecular complexity index is 1010. The number of esters is 2. The lowest BCUT2D eigenvalue weighted by molar-refractivity contribution is -0.168. The van der Waals surface area contributed by atoms with Crippen molar-refractivity contribution < 1.29 is 32.7 Å². The molecule has 184 valence electrons. The van der Waals surface area contributed by atoms with E-state index in [0.29, 0.717) is 22.8 Å². The van der Waals surface area contributed by atoms with Gasteiger partial charge >= 0.3 is 11.9 Å². The van der Waals surface area contributed by atoms with Crippen molar-refractivity contribution in [2.45, 2.75) is 38.5 Å². The Labute approximate surface area is 203 Å². The molecule has 0 aromatic heterocycles. The van der Waals surface area contributed by atoms with Crippen molar-refractivity contribution in [2.75, 3.05) is 27.4 Å². The van der Waals surface area contributed by atoms with Crippen LogP contribution >= 0.6 is 0 Å². The first kappa shape index (κ1) is 27.1. The molecule has 0 aliphatic rings. The molecule has 34 heavy (non-hydrogen) atoms. The maximum atomic E-state index is 13.1. The summed E-state index contributed by atoms with van der Waals surface area (Å²) < 4.78 is 34.0. The molecule has 2 aromatic rings. The minimum Gasteiger partial charge on any atom is -0.493 e. The molecule has 2 rings (SSSR count). The molecule has 0 amide bonds. The highest BCUT2D eigenvalue weighted by molar-refractivity contribution is 7.88. The minimum absolute atomic E-state index is 0.0573. The van der Waals surface area contributed by atoms with Crippen molar-refractivity contribution in [1.29, 1.82) is 0 Å². The van der Waals surface area contributed by atoms with E-state index in [4.69, 9.17) is 18.9 Å². The topological polar surface area (TPSA) is 88.1 Å². The maximum absolute atomic E-state index is 13.1. The van der Waals surface area contributed by atoms with Crippen LogP contribution in [0.3, 0.4) is 0 Å². The molecule has 0 radical (unpaired) electrons. The maximum Gasteiger partial charge on any atom is 0.327 e. The molecule has 0 aliphatic heterocycles. The first-order valence-corrected chi connectivity index (χ1v) is 12.2. The fourth-order valence-electron chi connectivity index (χ4n) is 3.33. The molecule has 0 saturated carbocycles. The predicted molar refractivity (Wildman–Crippen MR) is 130 cm³/mol. The third-order valence-corrected chi connectivity index (χ3v) is 6.38. The van der Waals surface area contributed by atoms with Crippen molar-refractivity contribution in [3.63, 3.8) is 0 Å². The Balaban J connectivity index is 2.43. The van der Waals surface area contributed by atoms with Gasteiger partial charge in [0.25, 0.3) is 0 Å². The van der Waals surface area contributed by atoms with Gasteiger partial charge in [0.2, 0.25) is 0 Å². The quantitative estimate of drug-likeness (QED) is 0.324. The average Bonchev–Trinajstić information content (AvgIpc) is 2.84. The molecule has 1 atom stereocenters. The van der Waals surface area contributed by atoms with Gasteiger partial charge in [-0.2, -0.15) is 0 Å². The molecule has 8 heteroatoms. The first-order valence-electron chi connectivity index (χ1n) is 11.0. The van der Waals surface area contributed by atoms with Gasteiger partial charge in [0.05, 0.1) is 38.2 Å². The SMILES string of the molecule is CCOC(=O)C(/C=C/S(=O)c1ccc(C)cc1)(CCc1ccc(OC)c(OC)c1)C(=O)OCC. The molecule has 0 spiro atoms. The molecule has 0 saturated heterocycles. The van der Waals surface area contributed by atoms with Crippen molar-refractivity contribution in [3.8, 4) is 11.5 Å². The van der Waals surface area contributed by atoms with Crippen LogP contribution in [0.1, 0.15) is 31.4 Å². The summed E-state index contributed by atoms with van der Waals surface area (Å²) in [6, 6.07) is 12.6. The monoisotopic (exact) mass is 488 g/mol. The van der Waals surface area contributed by atoms with Crippen molar-refractivity contribution in [3.05, 3.63) is 65.1 Å². The van der Waals surface area contributed by atoms with Crippen LogP contribution in [0.15, 0.2) is 58.8 Å². The number of rotatable bonds is 12. The zero-order chi connectivity index (χ0) is 25.1. The van der Waals surface area contributed by atoms with E-state index in [-0.39, 0.29) is 19.6 Å². The van der Waals surface area contributed by atoms with Gasteiger partial charge in [-0.05, 0) is 69.5 Å². The Morgan fingerprint density at radius 3 is 2.03 bits per heavy atom. The normalized spacial score (nSPS) is 12.3. The van der Waals surface area contributed by atoms with Gasteiger partial charge in [-0.15, -0.1) is 0 Å². The molecule has 0 aliphatic carbocycles. The molecule has 0 fully saturated rings. The Morgan fingerprint density at radius 1 is 0.912 bits per heavy atom. The van der Waals surface area contributed by atoms with Gasteiger partial charge in [0.1, 0.15) is 0 Å². The summed E-state index contributed by atoms with van der Waals surface area (Å²) in [7, 11) is 1.51. The van der Waals surface area contributed by atoms with Gasteiger partial charge in [-0.3, -0.25) is 9.59 Å². The zero-order valence-electron chi connectivity index (χ0n) is 20.3. The van der Waals surface area contributed by atoms with E-state index in [2.05, 4.69) is 0 Å². The van der Waals surface area contributed by atoms with Crippen LogP contribution in [-0.4, -0.2) is 43.6 Å². The lowest BCUT2D eigenvalue weighted by Crippen LogP contribution is -2.41. The number of carbonyl (C=O) groups excluding carboxylic acids is 2. The van der Waals surface area contributed by atoms with Gasteiger partial charge in [0.15, 0.2) is 16.9 Å². The summed E-state index contributed by atoms with van der Waals surface area (Å²) in [6.07, 6.45) is 1.75. The Kier molecular flexibility index (Phi) is 10.3. The van der Waals surface area contributed by atoms with E-state index in [1.807, 2.05) is 25.1 Å². The summed E-state index contributed by atoms with van der Waals surface area (Å²) >= 11 is 0. The summed E-state index contributed by atoms with van der Waals surface area (Å²) in [4.78, 5) is 26.8. The van der Waals surface area contributed by atoms with Crippen molar-refractivity contribution in [2.24, 2.45) is 5.41 Å². The molecule has 2 aromatic carbocycles. The van der Waals surface area contributed by atoms with Crippen LogP contribution < -0.4 is 9.47 Å². The average molecular weight is 489 g/mol. The summed E-state index contributed by atoms with van der Waals surface area (Å²) in [5.41, 5.74) is 0.107. The molecular formula is C26H32O7S. The third-order valence-electron chi connectivity index (χ3n) is 5.26. The van der Waals surface area contributed by atoms with Gasteiger partial charge in [0, 0.05) is 10.3 Å². The molecule has 0 N–H and O–H groups in total. The molecule has 0 bridgehead atoms. The smallest absolute Gasteiger partial charge is 0.327 e. The lowest BCUT2D eigenvalue weighted by Gasteiger charge is -2.26. The molecule has 7 nitrogen and oxygen atoms in total. The first-order chi connectivity index (χ1) is 16.3. The highest BCUT2D eigenvalue weighted by atomic mass is 32.2. The van der Waals surface area contributed by atoms with Crippen LogP contribution in [0.2, 0.25) is 0 Å². The second kappa shape index (κ2) is 12.9. The molecule has 0 heterocycles. The van der Waals surface area contributed by atoms with Crippen LogP contribution in [0.5, 0.6) is 11.5 Å². The second-order valence-corrected chi connectivity index (χ2v) is 8.85. The van der Waals surface area contributed by atoms with E-state index in [0.717, 1.165) is 11.1 Å². The predicted octanol–water partition coefficient (Wildman–Crippen LogP) is 4.38. The van der Waals surface area contributed by atoms with E-state index in [1.165, 1.54) is 18.6 Å². The fourth-order valence-corrected chi connectivity index (χ4v) is 4.25. The van der Waals surface area contributed by atoms with Gasteiger partial charge in [-0.1, -0.05) is 23.8 Å². The fraction of sp³-hybridized carbons (Fsp3) is 0.385. The second-order valence-electron chi connectivity index (χ2n) is 7.51. The lowest BCUT2D eigenvalue weighted by atomic mass is 9.82. The standard InChI is InChI=1S/C26H32O7S/c1-6-32-24(27)26(25(28)33-7-2,16-17-34(29)21-11-8-19(3)9-12-21)15-14-20-10-13-22(30-4)23(18-20)31-5/h8-13,16-18H,6-7,14-15H2,1-5H3/b17-16+. The van der Waals surface area contributed by atoms with Crippen molar-refractivity contribution in [1.82, 2.24) is 0 Å². The zero-order valence-corrected chi connectivity index (χ0v) is 21.1. The summed E-state index contributed by atoms with van der Waals surface area (Å²) in [6.45, 7) is 5.44. The number of carbonyl (C=O) groups is 2. The van der Waals surface area contributed by atoms with Crippen LogP contribution in [-0.2, 0) is 36.3 Å². The summed E-state index contributed by atoms with van der Waals surface area (Å²) in [5, 5.41) is 1.35. The van der Waals surface area contributed by atoms with Crippen LogP contribution in [0, 0.1) is 12.3 Å². The van der Waals surface area contributed by atoms with E-state index < -0.39 is 28.2 Å². The Morgan fingerprint density at radius 2 is 1.50 bits per heavy atom. The number of methoxy groups -OCH3 is 2. The third kappa shape index (κ3) is 6.70. The number of hydrogen-bond acceptors (Lipinski definition) is 7. The van der Waals surface area contributed by atoms with E-state index in [1.54, 1.807) is 45.2 Å². The Hall–Kier alpha value is -3.13. The largest absolute Gasteiger partial charge is 0.493 e. The number of ether oxygens (including phenoxy) is 4. The van der Waals surface area contributed by atoms with Crippen molar-refractivity contribution >= 4 is 22.7 Å². The van der Waals surface area contributed by atoms with Crippen LogP contribution in [0.4, 0.5) is 0 Å². The highest BCUT2D eigenvalue weighted by Gasteiger charge is 2.46. The number of hydrogen-bond donors (Lipinski definition) is 0. The highest BCUT2D eigenvalue weighted by Crippen LogP contribution is 2.33.